The normalized spacial score (nSPS) is 11.3. The van der Waals surface area contributed by atoms with Crippen LogP contribution in [0.25, 0.3) is 0 Å². The van der Waals surface area contributed by atoms with Crippen molar-refractivity contribution in [1.82, 2.24) is 20.1 Å². The topological polar surface area (TPSA) is 85.8 Å². The number of thiocarbonyl (C=S) groups is 1. The van der Waals surface area contributed by atoms with Crippen LogP contribution in [0.2, 0.25) is 0 Å². The Labute approximate surface area is 112 Å². The molecule has 0 atom stereocenters. The lowest BCUT2D eigenvalue weighted by Crippen LogP contribution is -2.48. The second-order valence-electron chi connectivity index (χ2n) is 4.17. The highest BCUT2D eigenvalue weighted by Crippen LogP contribution is 2.27. The number of amides is 1. The van der Waals surface area contributed by atoms with E-state index in [0.29, 0.717) is 18.7 Å². The fourth-order valence-electron chi connectivity index (χ4n) is 1.82. The van der Waals surface area contributed by atoms with Crippen LogP contribution in [0.3, 0.4) is 0 Å². The molecule has 1 heterocycles. The lowest BCUT2D eigenvalue weighted by molar-refractivity contribution is -0.128. The predicted octanol–water partition coefficient (Wildman–Crippen LogP) is 0.524. The third kappa shape index (κ3) is 2.84. The molecular formula is C11H19N5OS. The van der Waals surface area contributed by atoms with Crippen LogP contribution in [0.4, 0.5) is 0 Å². The number of nitrogens with two attached hydrogens (primary N) is 1. The van der Waals surface area contributed by atoms with Gasteiger partial charge in [-0.1, -0.05) is 26.1 Å². The Hall–Kier alpha value is -1.50. The Kier molecular flexibility index (Phi) is 4.77. The Morgan fingerprint density at radius 3 is 2.56 bits per heavy atom. The molecule has 7 heteroatoms. The molecule has 1 aromatic rings. The smallest absolute Gasteiger partial charge is 0.233 e. The van der Waals surface area contributed by atoms with E-state index < -0.39 is 5.41 Å². The molecule has 3 N–H and O–H groups in total. The standard InChI is InChI=1S/C11H19N5OS/c1-4-11(5-2,9(12)18)10(17)13-6-8-14-7-16(3)15-8/h7H,4-6H2,1-3H3,(H2,12,18)(H,13,17). The van der Waals surface area contributed by atoms with Crippen LogP contribution < -0.4 is 11.1 Å². The summed E-state index contributed by atoms with van der Waals surface area (Å²) in [4.78, 5) is 16.5. The molecule has 1 amide bonds. The minimum absolute atomic E-state index is 0.160. The molecule has 1 aromatic heterocycles. The molecule has 0 bridgehead atoms. The van der Waals surface area contributed by atoms with Gasteiger partial charge in [-0.05, 0) is 12.8 Å². The molecular weight excluding hydrogens is 250 g/mol. The van der Waals surface area contributed by atoms with Gasteiger partial charge in [0, 0.05) is 7.05 Å². The molecule has 0 saturated heterocycles. The molecule has 1 rings (SSSR count). The van der Waals surface area contributed by atoms with Crippen molar-refractivity contribution in [2.75, 3.05) is 0 Å². The summed E-state index contributed by atoms with van der Waals surface area (Å²) >= 11 is 5.02. The Bertz CT molecular complexity index is 438. The molecule has 0 fully saturated rings. The van der Waals surface area contributed by atoms with Gasteiger partial charge in [0.15, 0.2) is 5.82 Å². The van der Waals surface area contributed by atoms with Gasteiger partial charge in [0.05, 0.1) is 16.9 Å². The van der Waals surface area contributed by atoms with E-state index in [-0.39, 0.29) is 17.4 Å². The zero-order chi connectivity index (χ0) is 13.8. The fourth-order valence-corrected chi connectivity index (χ4v) is 2.21. The molecule has 0 spiro atoms. The zero-order valence-electron chi connectivity index (χ0n) is 10.9. The summed E-state index contributed by atoms with van der Waals surface area (Å²) in [7, 11) is 1.77. The molecule has 0 aliphatic rings. The third-order valence-corrected chi connectivity index (χ3v) is 3.56. The SMILES string of the molecule is CCC(CC)(C(=O)NCc1ncn(C)n1)C(N)=S. The van der Waals surface area contributed by atoms with E-state index in [4.69, 9.17) is 18.0 Å². The van der Waals surface area contributed by atoms with Gasteiger partial charge >= 0.3 is 0 Å². The van der Waals surface area contributed by atoms with Crippen molar-refractivity contribution in [2.24, 2.45) is 18.2 Å². The van der Waals surface area contributed by atoms with Gasteiger partial charge in [0.25, 0.3) is 0 Å². The van der Waals surface area contributed by atoms with Crippen LogP contribution in [0.15, 0.2) is 6.33 Å². The molecule has 18 heavy (non-hydrogen) atoms. The molecule has 100 valence electrons. The Balaban J connectivity index is 2.71. The van der Waals surface area contributed by atoms with Crippen molar-refractivity contribution in [3.63, 3.8) is 0 Å². The van der Waals surface area contributed by atoms with Gasteiger partial charge in [-0.25, -0.2) is 4.98 Å². The van der Waals surface area contributed by atoms with Crippen LogP contribution in [-0.4, -0.2) is 25.7 Å². The van der Waals surface area contributed by atoms with E-state index in [1.54, 1.807) is 18.1 Å². The third-order valence-electron chi connectivity index (χ3n) is 3.17. The van der Waals surface area contributed by atoms with E-state index in [1.165, 1.54) is 0 Å². The number of hydrogen-bond acceptors (Lipinski definition) is 4. The van der Waals surface area contributed by atoms with Crippen molar-refractivity contribution in [2.45, 2.75) is 33.2 Å². The highest BCUT2D eigenvalue weighted by atomic mass is 32.1. The van der Waals surface area contributed by atoms with Crippen molar-refractivity contribution in [1.29, 1.82) is 0 Å². The number of carbonyl (C=O) groups is 1. The number of nitrogens with one attached hydrogen (secondary N) is 1. The maximum absolute atomic E-state index is 12.2. The summed E-state index contributed by atoms with van der Waals surface area (Å²) in [6, 6.07) is 0. The van der Waals surface area contributed by atoms with Crippen LogP contribution in [0.5, 0.6) is 0 Å². The predicted molar refractivity (Wildman–Crippen MR) is 72.7 cm³/mol. The zero-order valence-corrected chi connectivity index (χ0v) is 11.8. The summed E-state index contributed by atoms with van der Waals surface area (Å²) in [5.41, 5.74) is 4.93. The van der Waals surface area contributed by atoms with E-state index in [0.717, 1.165) is 0 Å². The number of nitrogens with zero attached hydrogens (tertiary/aromatic N) is 3. The number of hydrogen-bond donors (Lipinski definition) is 2. The van der Waals surface area contributed by atoms with E-state index in [1.807, 2.05) is 13.8 Å². The van der Waals surface area contributed by atoms with E-state index in [2.05, 4.69) is 15.4 Å². The summed E-state index contributed by atoms with van der Waals surface area (Å²) in [5, 5.41) is 6.88. The van der Waals surface area contributed by atoms with Crippen LogP contribution in [-0.2, 0) is 18.4 Å². The summed E-state index contributed by atoms with van der Waals surface area (Å²) in [5.74, 6) is 0.405. The first-order valence-corrected chi connectivity index (χ1v) is 6.29. The van der Waals surface area contributed by atoms with Crippen LogP contribution in [0.1, 0.15) is 32.5 Å². The largest absolute Gasteiger partial charge is 0.392 e. The van der Waals surface area contributed by atoms with E-state index >= 15 is 0 Å². The second-order valence-corrected chi connectivity index (χ2v) is 4.61. The number of aryl methyl sites for hydroxylation is 1. The first-order valence-electron chi connectivity index (χ1n) is 5.89. The number of carbonyl (C=O) groups excluding carboxylic acids is 1. The van der Waals surface area contributed by atoms with Gasteiger partial charge in [-0.2, -0.15) is 5.10 Å². The minimum Gasteiger partial charge on any atom is -0.392 e. The van der Waals surface area contributed by atoms with Gasteiger partial charge < -0.3 is 11.1 Å². The lowest BCUT2D eigenvalue weighted by atomic mass is 9.81. The quantitative estimate of drug-likeness (QED) is 0.736. The van der Waals surface area contributed by atoms with Crippen molar-refractivity contribution in [3.05, 3.63) is 12.2 Å². The number of rotatable bonds is 6. The highest BCUT2D eigenvalue weighted by molar-refractivity contribution is 7.80. The van der Waals surface area contributed by atoms with Crippen LogP contribution >= 0.6 is 12.2 Å². The molecule has 0 aliphatic carbocycles. The molecule has 0 aliphatic heterocycles. The van der Waals surface area contributed by atoms with Gasteiger partial charge in [-0.3, -0.25) is 9.48 Å². The molecule has 0 saturated carbocycles. The average molecular weight is 269 g/mol. The van der Waals surface area contributed by atoms with Gasteiger partial charge in [0.2, 0.25) is 5.91 Å². The fraction of sp³-hybridized carbons (Fsp3) is 0.636. The maximum atomic E-state index is 12.2. The first-order chi connectivity index (χ1) is 8.46. The minimum atomic E-state index is -0.774. The number of aromatic nitrogens is 3. The lowest BCUT2D eigenvalue weighted by Gasteiger charge is -2.28. The van der Waals surface area contributed by atoms with Crippen molar-refractivity contribution in [3.8, 4) is 0 Å². The van der Waals surface area contributed by atoms with Gasteiger partial charge in [0.1, 0.15) is 6.33 Å². The summed E-state index contributed by atoms with van der Waals surface area (Å²) in [6.07, 6.45) is 2.75. The highest BCUT2D eigenvalue weighted by Gasteiger charge is 2.37. The first kappa shape index (κ1) is 14.6. The second kappa shape index (κ2) is 5.90. The van der Waals surface area contributed by atoms with Crippen LogP contribution in [0, 0.1) is 5.41 Å². The molecule has 0 radical (unpaired) electrons. The average Bonchev–Trinajstić information content (AvgIpc) is 2.74. The molecule has 6 nitrogen and oxygen atoms in total. The van der Waals surface area contributed by atoms with Crippen molar-refractivity contribution < 1.29 is 4.79 Å². The maximum Gasteiger partial charge on any atom is 0.233 e. The Morgan fingerprint density at radius 1 is 1.56 bits per heavy atom. The molecule has 0 unspecified atom stereocenters. The summed E-state index contributed by atoms with van der Waals surface area (Å²) in [6.45, 7) is 4.09. The van der Waals surface area contributed by atoms with E-state index in [9.17, 15) is 4.79 Å². The monoisotopic (exact) mass is 269 g/mol. The molecule has 0 aromatic carbocycles. The van der Waals surface area contributed by atoms with Crippen molar-refractivity contribution >= 4 is 23.1 Å². The van der Waals surface area contributed by atoms with Gasteiger partial charge in [-0.15, -0.1) is 0 Å². The Morgan fingerprint density at radius 2 is 2.17 bits per heavy atom. The summed E-state index contributed by atoms with van der Waals surface area (Å²) < 4.78 is 1.59.